The molecule has 0 aromatic heterocycles. The van der Waals surface area contributed by atoms with Crippen LogP contribution in [0.4, 0.5) is 0 Å². The quantitative estimate of drug-likeness (QED) is 0.807. The third-order valence-corrected chi connectivity index (χ3v) is 3.63. The summed E-state index contributed by atoms with van der Waals surface area (Å²) in [7, 11) is 3.50. The number of aryl methyl sites for hydroxylation is 1. The predicted molar refractivity (Wildman–Crippen MR) is 80.8 cm³/mol. The van der Waals surface area contributed by atoms with Gasteiger partial charge in [0.1, 0.15) is 0 Å². The second-order valence-corrected chi connectivity index (χ2v) is 5.36. The Labute approximate surface area is 121 Å². The highest BCUT2D eigenvalue weighted by Crippen LogP contribution is 2.11. The Balaban J connectivity index is 2.68. The summed E-state index contributed by atoms with van der Waals surface area (Å²) >= 11 is 0. The molecule has 0 saturated heterocycles. The summed E-state index contributed by atoms with van der Waals surface area (Å²) in [6.45, 7) is 6.28. The minimum Gasteiger partial charge on any atom is -0.359 e. The lowest BCUT2D eigenvalue weighted by Crippen LogP contribution is -2.41. The Morgan fingerprint density at radius 3 is 2.25 bits per heavy atom. The van der Waals surface area contributed by atoms with E-state index in [4.69, 9.17) is 0 Å². The molecule has 4 heteroatoms. The topological polar surface area (TPSA) is 49.4 Å². The van der Waals surface area contributed by atoms with Gasteiger partial charge in [0, 0.05) is 25.1 Å². The van der Waals surface area contributed by atoms with Gasteiger partial charge in [-0.25, -0.2) is 0 Å². The summed E-state index contributed by atoms with van der Waals surface area (Å²) in [5, 5.41) is 2.63. The molecule has 0 heterocycles. The number of Topliss-reactive ketones (excluding diaryl/α,β-unsaturated/α-hetero) is 1. The minimum absolute atomic E-state index is 0.00756. The predicted octanol–water partition coefficient (Wildman–Crippen LogP) is 1.88. The molecule has 2 unspecified atom stereocenters. The molecule has 1 N–H and O–H groups in total. The van der Waals surface area contributed by atoms with Crippen LogP contribution in [-0.4, -0.2) is 43.3 Å². The van der Waals surface area contributed by atoms with E-state index in [1.807, 2.05) is 57.0 Å². The van der Waals surface area contributed by atoms with Gasteiger partial charge in [0.25, 0.3) is 0 Å². The van der Waals surface area contributed by atoms with Crippen LogP contribution in [0, 0.1) is 12.8 Å². The monoisotopic (exact) mass is 276 g/mol. The lowest BCUT2D eigenvalue weighted by Gasteiger charge is -2.26. The van der Waals surface area contributed by atoms with Crippen molar-refractivity contribution in [2.24, 2.45) is 5.92 Å². The molecule has 0 aliphatic rings. The lowest BCUT2D eigenvalue weighted by atomic mass is 10.0. The van der Waals surface area contributed by atoms with Crippen molar-refractivity contribution in [2.75, 3.05) is 20.6 Å². The Kier molecular flexibility index (Phi) is 5.89. The van der Waals surface area contributed by atoms with Crippen LogP contribution < -0.4 is 5.32 Å². The molecule has 0 aliphatic carbocycles. The molecule has 0 bridgehead atoms. The van der Waals surface area contributed by atoms with E-state index in [0.29, 0.717) is 12.1 Å². The first kappa shape index (κ1) is 16.4. The molecule has 0 radical (unpaired) electrons. The number of amides is 1. The van der Waals surface area contributed by atoms with E-state index in [9.17, 15) is 9.59 Å². The fraction of sp³-hybridized carbons (Fsp3) is 0.500. The van der Waals surface area contributed by atoms with Crippen LogP contribution in [0.15, 0.2) is 24.3 Å². The fourth-order valence-electron chi connectivity index (χ4n) is 2.08. The number of benzene rings is 1. The van der Waals surface area contributed by atoms with Crippen molar-refractivity contribution in [3.05, 3.63) is 35.4 Å². The van der Waals surface area contributed by atoms with Gasteiger partial charge in [-0.15, -0.1) is 0 Å². The first-order valence-corrected chi connectivity index (χ1v) is 6.89. The van der Waals surface area contributed by atoms with Gasteiger partial charge in [0.05, 0.1) is 6.04 Å². The molecule has 1 aromatic carbocycles. The summed E-state index contributed by atoms with van der Waals surface area (Å²) in [5.41, 5.74) is 1.85. The van der Waals surface area contributed by atoms with E-state index in [0.717, 1.165) is 5.56 Å². The largest absolute Gasteiger partial charge is 0.359 e. The van der Waals surface area contributed by atoms with Crippen molar-refractivity contribution in [3.8, 4) is 0 Å². The van der Waals surface area contributed by atoms with Crippen molar-refractivity contribution in [3.63, 3.8) is 0 Å². The highest BCUT2D eigenvalue weighted by atomic mass is 16.2. The number of nitrogens with zero attached hydrogens (tertiary/aromatic N) is 1. The molecule has 110 valence electrons. The lowest BCUT2D eigenvalue weighted by molar-refractivity contribution is -0.124. The Hall–Kier alpha value is -1.68. The second-order valence-electron chi connectivity index (χ2n) is 5.36. The van der Waals surface area contributed by atoms with Crippen molar-refractivity contribution >= 4 is 11.7 Å². The molecule has 0 fully saturated rings. The molecule has 1 rings (SSSR count). The maximum absolute atomic E-state index is 12.4. The number of nitrogens with one attached hydrogen (secondary N) is 1. The molecule has 4 nitrogen and oxygen atoms in total. The number of hydrogen-bond acceptors (Lipinski definition) is 3. The fourth-order valence-corrected chi connectivity index (χ4v) is 2.08. The smallest absolute Gasteiger partial charge is 0.223 e. The van der Waals surface area contributed by atoms with E-state index in [-0.39, 0.29) is 23.7 Å². The summed E-state index contributed by atoms with van der Waals surface area (Å²) < 4.78 is 0. The maximum atomic E-state index is 12.4. The Morgan fingerprint density at radius 2 is 1.75 bits per heavy atom. The zero-order valence-electron chi connectivity index (χ0n) is 12.9. The zero-order valence-corrected chi connectivity index (χ0v) is 12.9. The summed E-state index contributed by atoms with van der Waals surface area (Å²) in [5.74, 6) is -0.0679. The average Bonchev–Trinajstić information content (AvgIpc) is 2.45. The van der Waals surface area contributed by atoms with Crippen LogP contribution in [-0.2, 0) is 4.79 Å². The number of carbonyl (C=O) groups is 2. The summed E-state index contributed by atoms with van der Waals surface area (Å²) in [4.78, 5) is 25.8. The maximum Gasteiger partial charge on any atom is 0.223 e. The van der Waals surface area contributed by atoms with E-state index >= 15 is 0 Å². The van der Waals surface area contributed by atoms with E-state index in [1.165, 1.54) is 0 Å². The molecular weight excluding hydrogens is 252 g/mol. The summed E-state index contributed by atoms with van der Waals surface area (Å²) in [6.07, 6.45) is 0. The van der Waals surface area contributed by atoms with Gasteiger partial charge in [-0.2, -0.15) is 0 Å². The van der Waals surface area contributed by atoms with Crippen molar-refractivity contribution < 1.29 is 9.59 Å². The van der Waals surface area contributed by atoms with Gasteiger partial charge < -0.3 is 5.32 Å². The van der Waals surface area contributed by atoms with Crippen LogP contribution in [0.3, 0.4) is 0 Å². The third-order valence-electron chi connectivity index (χ3n) is 3.63. The molecule has 0 spiro atoms. The third kappa shape index (κ3) is 4.17. The first-order chi connectivity index (χ1) is 9.36. The van der Waals surface area contributed by atoms with Gasteiger partial charge in [-0.3, -0.25) is 14.5 Å². The molecule has 0 aliphatic heterocycles. The highest BCUT2D eigenvalue weighted by Gasteiger charge is 2.22. The van der Waals surface area contributed by atoms with Gasteiger partial charge in [-0.1, -0.05) is 36.8 Å². The number of hydrogen-bond donors (Lipinski definition) is 1. The van der Waals surface area contributed by atoms with Gasteiger partial charge in [0.2, 0.25) is 5.91 Å². The van der Waals surface area contributed by atoms with E-state index < -0.39 is 0 Å². The molecule has 20 heavy (non-hydrogen) atoms. The second kappa shape index (κ2) is 7.20. The summed E-state index contributed by atoms with van der Waals surface area (Å²) in [6, 6.07) is 7.33. The molecule has 1 amide bonds. The highest BCUT2D eigenvalue weighted by molar-refractivity contribution is 5.99. The van der Waals surface area contributed by atoms with Gasteiger partial charge in [0.15, 0.2) is 5.78 Å². The average molecular weight is 276 g/mol. The van der Waals surface area contributed by atoms with Gasteiger partial charge in [-0.05, 0) is 20.9 Å². The zero-order chi connectivity index (χ0) is 15.3. The Bertz CT molecular complexity index is 468. The Morgan fingerprint density at radius 1 is 1.20 bits per heavy atom. The van der Waals surface area contributed by atoms with E-state index in [1.54, 1.807) is 7.05 Å². The van der Waals surface area contributed by atoms with Crippen molar-refractivity contribution in [2.45, 2.75) is 26.8 Å². The number of ketones is 1. The first-order valence-electron chi connectivity index (χ1n) is 6.89. The van der Waals surface area contributed by atoms with E-state index in [2.05, 4.69) is 5.32 Å². The minimum atomic E-state index is -0.246. The van der Waals surface area contributed by atoms with Gasteiger partial charge >= 0.3 is 0 Å². The van der Waals surface area contributed by atoms with Crippen LogP contribution >= 0.6 is 0 Å². The normalized spacial score (nSPS) is 13.9. The van der Waals surface area contributed by atoms with Crippen LogP contribution in [0.5, 0.6) is 0 Å². The SMILES string of the molecule is CNC(=O)C(C)CN(C)C(C)C(=O)c1ccc(C)cc1. The van der Waals surface area contributed by atoms with Crippen LogP contribution in [0.25, 0.3) is 0 Å². The number of rotatable bonds is 6. The molecule has 2 atom stereocenters. The molecular formula is C16H24N2O2. The number of carbonyl (C=O) groups excluding carboxylic acids is 2. The molecule has 1 aromatic rings. The van der Waals surface area contributed by atoms with Crippen LogP contribution in [0.2, 0.25) is 0 Å². The van der Waals surface area contributed by atoms with Crippen LogP contribution in [0.1, 0.15) is 29.8 Å². The standard InChI is InChI=1S/C16H24N2O2/c1-11-6-8-14(9-7-11)15(19)13(3)18(5)10-12(2)16(20)17-4/h6-9,12-13H,10H2,1-5H3,(H,17,20). The number of likely N-dealkylation sites (N-methyl/N-ethyl adjacent to an activating group) is 1. The van der Waals surface area contributed by atoms with Crippen molar-refractivity contribution in [1.82, 2.24) is 10.2 Å². The molecule has 0 saturated carbocycles. The van der Waals surface area contributed by atoms with Crippen molar-refractivity contribution in [1.29, 1.82) is 0 Å².